The molecule has 1 saturated heterocycles. The van der Waals surface area contributed by atoms with Crippen LogP contribution in [0.25, 0.3) is 0 Å². The lowest BCUT2D eigenvalue weighted by Crippen LogP contribution is -2.35. The van der Waals surface area contributed by atoms with E-state index < -0.39 is 0 Å². The molecule has 2 N–H and O–H groups in total. The van der Waals surface area contributed by atoms with Gasteiger partial charge in [0.25, 0.3) is 0 Å². The minimum atomic E-state index is 0.210. The van der Waals surface area contributed by atoms with Crippen LogP contribution in [0.4, 0.5) is 0 Å². The summed E-state index contributed by atoms with van der Waals surface area (Å²) in [5, 5.41) is 6.37. The summed E-state index contributed by atoms with van der Waals surface area (Å²) >= 11 is 0. The van der Waals surface area contributed by atoms with E-state index in [1.54, 1.807) is 0 Å². The third-order valence-corrected chi connectivity index (χ3v) is 2.86. The van der Waals surface area contributed by atoms with Crippen LogP contribution in [0.15, 0.2) is 0 Å². The summed E-state index contributed by atoms with van der Waals surface area (Å²) in [5.41, 5.74) is 0. The summed E-state index contributed by atoms with van der Waals surface area (Å²) in [5.74, 6) is 1.03. The number of hydrogen-bond donors (Lipinski definition) is 2. The van der Waals surface area contributed by atoms with Crippen molar-refractivity contribution < 1.29 is 4.79 Å². The van der Waals surface area contributed by atoms with Crippen LogP contribution < -0.4 is 10.6 Å². The van der Waals surface area contributed by atoms with Gasteiger partial charge in [-0.2, -0.15) is 0 Å². The summed E-state index contributed by atoms with van der Waals surface area (Å²) < 4.78 is 0. The zero-order valence-corrected chi connectivity index (χ0v) is 10.0. The molecule has 88 valence electrons. The van der Waals surface area contributed by atoms with Crippen LogP contribution in [0.2, 0.25) is 0 Å². The lowest BCUT2D eigenvalue weighted by atomic mass is 10.1. The summed E-state index contributed by atoms with van der Waals surface area (Å²) in [6.45, 7) is 6.55. The Bertz CT molecular complexity index is 192. The van der Waals surface area contributed by atoms with Gasteiger partial charge in [0, 0.05) is 19.0 Å². The van der Waals surface area contributed by atoms with E-state index >= 15 is 0 Å². The van der Waals surface area contributed by atoms with Gasteiger partial charge in [-0.05, 0) is 25.3 Å². The fraction of sp³-hybridized carbons (Fsp3) is 0.917. The molecule has 1 unspecified atom stereocenters. The Morgan fingerprint density at radius 2 is 2.27 bits per heavy atom. The summed E-state index contributed by atoms with van der Waals surface area (Å²) in [6, 6.07) is 0.377. The van der Waals surface area contributed by atoms with Crippen LogP contribution in [0.5, 0.6) is 0 Å². The molecule has 3 nitrogen and oxygen atoms in total. The first kappa shape index (κ1) is 12.5. The van der Waals surface area contributed by atoms with Gasteiger partial charge in [0.05, 0.1) is 0 Å². The first-order valence-electron chi connectivity index (χ1n) is 6.18. The van der Waals surface area contributed by atoms with E-state index in [-0.39, 0.29) is 5.91 Å². The SMILES string of the molecule is CC(C)CCCCNCC1CCC(=O)N1. The number of hydrogen-bond acceptors (Lipinski definition) is 2. The minimum absolute atomic E-state index is 0.210. The van der Waals surface area contributed by atoms with Crippen LogP contribution in [-0.4, -0.2) is 25.0 Å². The zero-order valence-electron chi connectivity index (χ0n) is 10.0. The van der Waals surface area contributed by atoms with Gasteiger partial charge < -0.3 is 10.6 Å². The smallest absolute Gasteiger partial charge is 0.220 e. The van der Waals surface area contributed by atoms with E-state index in [0.717, 1.165) is 25.4 Å². The van der Waals surface area contributed by atoms with E-state index in [1.165, 1.54) is 19.3 Å². The van der Waals surface area contributed by atoms with Crippen molar-refractivity contribution >= 4 is 5.91 Å². The van der Waals surface area contributed by atoms with Crippen molar-refractivity contribution in [2.45, 2.75) is 52.0 Å². The maximum Gasteiger partial charge on any atom is 0.220 e. The van der Waals surface area contributed by atoms with Gasteiger partial charge in [0.2, 0.25) is 5.91 Å². The van der Waals surface area contributed by atoms with Crippen LogP contribution in [0.1, 0.15) is 46.0 Å². The molecule has 0 bridgehead atoms. The Morgan fingerprint density at radius 3 is 2.87 bits per heavy atom. The molecule has 0 radical (unpaired) electrons. The second-order valence-corrected chi connectivity index (χ2v) is 4.90. The van der Waals surface area contributed by atoms with Gasteiger partial charge in [-0.25, -0.2) is 0 Å². The normalized spacial score (nSPS) is 21.0. The molecular formula is C12H24N2O. The lowest BCUT2D eigenvalue weighted by Gasteiger charge is -2.11. The molecular weight excluding hydrogens is 188 g/mol. The Hall–Kier alpha value is -0.570. The third kappa shape index (κ3) is 5.78. The van der Waals surface area contributed by atoms with Crippen LogP contribution in [-0.2, 0) is 4.79 Å². The van der Waals surface area contributed by atoms with Crippen molar-refractivity contribution in [2.24, 2.45) is 5.92 Å². The molecule has 1 heterocycles. The van der Waals surface area contributed by atoms with E-state index in [4.69, 9.17) is 0 Å². The average Bonchev–Trinajstić information content (AvgIpc) is 2.57. The molecule has 1 amide bonds. The standard InChI is InChI=1S/C12H24N2O/c1-10(2)5-3-4-8-13-9-11-6-7-12(15)14-11/h10-11,13H,3-9H2,1-2H3,(H,14,15). The van der Waals surface area contributed by atoms with E-state index in [1.807, 2.05) is 0 Å². The van der Waals surface area contributed by atoms with Crippen molar-refractivity contribution in [3.8, 4) is 0 Å². The largest absolute Gasteiger partial charge is 0.352 e. The number of rotatable bonds is 7. The number of carbonyl (C=O) groups excluding carboxylic acids is 1. The summed E-state index contributed by atoms with van der Waals surface area (Å²) in [7, 11) is 0. The van der Waals surface area contributed by atoms with E-state index in [2.05, 4.69) is 24.5 Å². The van der Waals surface area contributed by atoms with Crippen LogP contribution in [0, 0.1) is 5.92 Å². The van der Waals surface area contributed by atoms with Crippen LogP contribution in [0.3, 0.4) is 0 Å². The fourth-order valence-electron chi connectivity index (χ4n) is 1.91. The first-order valence-corrected chi connectivity index (χ1v) is 6.18. The minimum Gasteiger partial charge on any atom is -0.352 e. The number of carbonyl (C=O) groups is 1. The van der Waals surface area contributed by atoms with E-state index in [0.29, 0.717) is 12.5 Å². The summed E-state index contributed by atoms with van der Waals surface area (Å²) in [6.07, 6.45) is 5.58. The molecule has 1 rings (SSSR count). The molecule has 0 saturated carbocycles. The van der Waals surface area contributed by atoms with Gasteiger partial charge in [0.1, 0.15) is 0 Å². The fourth-order valence-corrected chi connectivity index (χ4v) is 1.91. The van der Waals surface area contributed by atoms with Gasteiger partial charge in [0.15, 0.2) is 0 Å². The Kier molecular flexibility index (Phi) is 5.69. The number of unbranched alkanes of at least 4 members (excludes halogenated alkanes) is 1. The van der Waals surface area contributed by atoms with Gasteiger partial charge in [-0.3, -0.25) is 4.79 Å². The van der Waals surface area contributed by atoms with E-state index in [9.17, 15) is 4.79 Å². The molecule has 3 heteroatoms. The van der Waals surface area contributed by atoms with Crippen LogP contribution >= 0.6 is 0 Å². The second-order valence-electron chi connectivity index (χ2n) is 4.90. The molecule has 15 heavy (non-hydrogen) atoms. The number of nitrogens with one attached hydrogen (secondary N) is 2. The highest BCUT2D eigenvalue weighted by Gasteiger charge is 2.19. The highest BCUT2D eigenvalue weighted by molar-refractivity contribution is 5.78. The Balaban J connectivity index is 1.87. The maximum absolute atomic E-state index is 10.9. The Labute approximate surface area is 93.0 Å². The lowest BCUT2D eigenvalue weighted by molar-refractivity contribution is -0.119. The topological polar surface area (TPSA) is 41.1 Å². The molecule has 0 spiro atoms. The van der Waals surface area contributed by atoms with Crippen molar-refractivity contribution in [1.82, 2.24) is 10.6 Å². The molecule has 1 atom stereocenters. The monoisotopic (exact) mass is 212 g/mol. The third-order valence-electron chi connectivity index (χ3n) is 2.86. The maximum atomic E-state index is 10.9. The highest BCUT2D eigenvalue weighted by atomic mass is 16.1. The van der Waals surface area contributed by atoms with Crippen molar-refractivity contribution in [3.63, 3.8) is 0 Å². The quantitative estimate of drug-likeness (QED) is 0.630. The average molecular weight is 212 g/mol. The van der Waals surface area contributed by atoms with Gasteiger partial charge >= 0.3 is 0 Å². The molecule has 0 aromatic heterocycles. The molecule has 1 fully saturated rings. The molecule has 1 aliphatic rings. The van der Waals surface area contributed by atoms with Crippen molar-refractivity contribution in [3.05, 3.63) is 0 Å². The molecule has 0 aromatic carbocycles. The van der Waals surface area contributed by atoms with Crippen molar-refractivity contribution in [1.29, 1.82) is 0 Å². The first-order chi connectivity index (χ1) is 7.18. The summed E-state index contributed by atoms with van der Waals surface area (Å²) in [4.78, 5) is 10.9. The zero-order chi connectivity index (χ0) is 11.1. The predicted octanol–water partition coefficient (Wildman–Crippen LogP) is 1.68. The van der Waals surface area contributed by atoms with Gasteiger partial charge in [-0.15, -0.1) is 0 Å². The molecule has 1 aliphatic heterocycles. The predicted molar refractivity (Wildman–Crippen MR) is 62.7 cm³/mol. The second kappa shape index (κ2) is 6.83. The van der Waals surface area contributed by atoms with Crippen molar-refractivity contribution in [2.75, 3.05) is 13.1 Å². The molecule has 0 aromatic rings. The Morgan fingerprint density at radius 1 is 1.47 bits per heavy atom. The number of amides is 1. The molecule has 0 aliphatic carbocycles. The highest BCUT2D eigenvalue weighted by Crippen LogP contribution is 2.06. The van der Waals surface area contributed by atoms with Gasteiger partial charge in [-0.1, -0.05) is 26.7 Å².